The molecule has 2 rings (SSSR count). The van der Waals surface area contributed by atoms with Crippen LogP contribution in [-0.2, 0) is 6.54 Å². The van der Waals surface area contributed by atoms with Gasteiger partial charge in [0.05, 0.1) is 17.3 Å². The van der Waals surface area contributed by atoms with Gasteiger partial charge in [0.1, 0.15) is 12.2 Å². The SMILES string of the molecule is Cc1cc(N)c(Cl)cc1NCc1ncn[nH]1. The van der Waals surface area contributed by atoms with E-state index in [0.717, 1.165) is 17.1 Å². The van der Waals surface area contributed by atoms with E-state index in [9.17, 15) is 0 Å². The number of H-pyrrole nitrogens is 1. The van der Waals surface area contributed by atoms with Crippen LogP contribution in [0.25, 0.3) is 0 Å². The number of halogens is 1. The molecule has 6 heteroatoms. The Labute approximate surface area is 98.0 Å². The first-order valence-corrected chi connectivity index (χ1v) is 5.18. The Kier molecular flexibility index (Phi) is 2.96. The monoisotopic (exact) mass is 237 g/mol. The highest BCUT2D eigenvalue weighted by molar-refractivity contribution is 6.33. The van der Waals surface area contributed by atoms with Gasteiger partial charge in [-0.3, -0.25) is 5.10 Å². The first-order valence-electron chi connectivity index (χ1n) is 4.80. The summed E-state index contributed by atoms with van der Waals surface area (Å²) in [6, 6.07) is 3.65. The number of nitrogen functional groups attached to an aromatic ring is 1. The fourth-order valence-corrected chi connectivity index (χ4v) is 1.55. The summed E-state index contributed by atoms with van der Waals surface area (Å²) >= 11 is 5.95. The molecule has 84 valence electrons. The van der Waals surface area contributed by atoms with Crippen LogP contribution in [0.1, 0.15) is 11.4 Å². The molecule has 16 heavy (non-hydrogen) atoms. The third-order valence-electron chi connectivity index (χ3n) is 2.25. The highest BCUT2D eigenvalue weighted by atomic mass is 35.5. The van der Waals surface area contributed by atoms with Crippen molar-refractivity contribution in [3.63, 3.8) is 0 Å². The van der Waals surface area contributed by atoms with Crippen LogP contribution in [0.4, 0.5) is 11.4 Å². The standard InChI is InChI=1S/C10H12ClN5/c1-6-2-8(12)7(11)3-9(6)13-4-10-14-5-15-16-10/h2-3,5,13H,4,12H2,1H3,(H,14,15,16). The fourth-order valence-electron chi connectivity index (χ4n) is 1.39. The molecule has 0 aliphatic heterocycles. The van der Waals surface area contributed by atoms with Crippen LogP contribution in [0.3, 0.4) is 0 Å². The van der Waals surface area contributed by atoms with Gasteiger partial charge in [-0.15, -0.1) is 0 Å². The predicted octanol–water partition coefficient (Wildman–Crippen LogP) is 1.96. The lowest BCUT2D eigenvalue weighted by molar-refractivity contribution is 0.953. The van der Waals surface area contributed by atoms with Crippen molar-refractivity contribution in [1.29, 1.82) is 0 Å². The second-order valence-electron chi connectivity index (χ2n) is 3.47. The molecule has 0 saturated heterocycles. The molecule has 1 aromatic carbocycles. The molecule has 5 nitrogen and oxygen atoms in total. The Hall–Kier alpha value is -1.75. The Balaban J connectivity index is 2.12. The average Bonchev–Trinajstić information content (AvgIpc) is 2.74. The van der Waals surface area contributed by atoms with Gasteiger partial charge in [-0.25, -0.2) is 4.98 Å². The van der Waals surface area contributed by atoms with E-state index in [1.807, 2.05) is 19.1 Å². The van der Waals surface area contributed by atoms with E-state index < -0.39 is 0 Å². The Morgan fingerprint density at radius 1 is 1.50 bits per heavy atom. The van der Waals surface area contributed by atoms with Crippen molar-refractivity contribution in [1.82, 2.24) is 15.2 Å². The van der Waals surface area contributed by atoms with Crippen molar-refractivity contribution in [3.05, 3.63) is 34.9 Å². The molecule has 0 bridgehead atoms. The number of hydrogen-bond donors (Lipinski definition) is 3. The Morgan fingerprint density at radius 3 is 3.00 bits per heavy atom. The Morgan fingerprint density at radius 2 is 2.31 bits per heavy atom. The minimum Gasteiger partial charge on any atom is -0.398 e. The first kappa shape index (κ1) is 10.8. The van der Waals surface area contributed by atoms with Gasteiger partial charge < -0.3 is 11.1 Å². The summed E-state index contributed by atoms with van der Waals surface area (Å²) < 4.78 is 0. The van der Waals surface area contributed by atoms with Crippen molar-refractivity contribution in [2.45, 2.75) is 13.5 Å². The van der Waals surface area contributed by atoms with E-state index in [0.29, 0.717) is 17.3 Å². The zero-order valence-electron chi connectivity index (χ0n) is 8.79. The number of nitrogens with one attached hydrogen (secondary N) is 2. The van der Waals surface area contributed by atoms with Gasteiger partial charge in [-0.2, -0.15) is 5.10 Å². The zero-order valence-corrected chi connectivity index (χ0v) is 9.54. The topological polar surface area (TPSA) is 79.6 Å². The molecule has 4 N–H and O–H groups in total. The summed E-state index contributed by atoms with van der Waals surface area (Å²) in [5.41, 5.74) is 8.26. The van der Waals surface area contributed by atoms with Gasteiger partial charge in [0.25, 0.3) is 0 Å². The predicted molar refractivity (Wildman–Crippen MR) is 64.3 cm³/mol. The van der Waals surface area contributed by atoms with E-state index in [2.05, 4.69) is 20.5 Å². The number of nitrogens with two attached hydrogens (primary N) is 1. The summed E-state index contributed by atoms with van der Waals surface area (Å²) in [5.74, 6) is 0.771. The van der Waals surface area contributed by atoms with E-state index >= 15 is 0 Å². The highest BCUT2D eigenvalue weighted by Gasteiger charge is 2.04. The molecule has 0 amide bonds. The summed E-state index contributed by atoms with van der Waals surface area (Å²) in [6.45, 7) is 2.54. The quantitative estimate of drug-likeness (QED) is 0.713. The molecule has 1 aromatic heterocycles. The molecule has 0 unspecified atom stereocenters. The van der Waals surface area contributed by atoms with Crippen LogP contribution >= 0.6 is 11.6 Å². The number of hydrogen-bond acceptors (Lipinski definition) is 4. The normalized spacial score (nSPS) is 10.4. The summed E-state index contributed by atoms with van der Waals surface area (Å²) in [4.78, 5) is 4.01. The number of rotatable bonds is 3. The largest absolute Gasteiger partial charge is 0.398 e. The van der Waals surface area contributed by atoms with Crippen LogP contribution in [-0.4, -0.2) is 15.2 Å². The van der Waals surface area contributed by atoms with Crippen molar-refractivity contribution in [2.24, 2.45) is 0 Å². The van der Waals surface area contributed by atoms with E-state index in [1.54, 1.807) is 0 Å². The van der Waals surface area contributed by atoms with Gasteiger partial charge in [-0.05, 0) is 24.6 Å². The molecule has 0 spiro atoms. The van der Waals surface area contributed by atoms with Crippen molar-refractivity contribution >= 4 is 23.0 Å². The maximum Gasteiger partial charge on any atom is 0.143 e. The average molecular weight is 238 g/mol. The summed E-state index contributed by atoms with van der Waals surface area (Å²) in [5, 5.41) is 10.3. The second-order valence-corrected chi connectivity index (χ2v) is 3.88. The molecule has 2 aromatic rings. The number of aromatic nitrogens is 3. The molecular formula is C10H12ClN5. The van der Waals surface area contributed by atoms with Crippen LogP contribution in [0, 0.1) is 6.92 Å². The number of benzene rings is 1. The smallest absolute Gasteiger partial charge is 0.143 e. The van der Waals surface area contributed by atoms with Gasteiger partial charge in [0.15, 0.2) is 0 Å². The lowest BCUT2D eigenvalue weighted by Crippen LogP contribution is -2.03. The van der Waals surface area contributed by atoms with Crippen LogP contribution in [0.5, 0.6) is 0 Å². The number of aromatic amines is 1. The van der Waals surface area contributed by atoms with Crippen LogP contribution in [0.2, 0.25) is 5.02 Å². The molecule has 0 aliphatic carbocycles. The molecule has 0 fully saturated rings. The third-order valence-corrected chi connectivity index (χ3v) is 2.58. The molecule has 1 heterocycles. The number of aryl methyl sites for hydroxylation is 1. The molecule has 0 aliphatic rings. The fraction of sp³-hybridized carbons (Fsp3) is 0.200. The van der Waals surface area contributed by atoms with E-state index in [4.69, 9.17) is 17.3 Å². The molecule has 0 saturated carbocycles. The lowest BCUT2D eigenvalue weighted by atomic mass is 10.2. The number of nitrogens with zero attached hydrogens (tertiary/aromatic N) is 2. The highest BCUT2D eigenvalue weighted by Crippen LogP contribution is 2.26. The molecule has 0 atom stereocenters. The molecule has 0 radical (unpaired) electrons. The Bertz CT molecular complexity index is 480. The van der Waals surface area contributed by atoms with Crippen molar-refractivity contribution < 1.29 is 0 Å². The molecular weight excluding hydrogens is 226 g/mol. The zero-order chi connectivity index (χ0) is 11.5. The maximum absolute atomic E-state index is 5.95. The van der Waals surface area contributed by atoms with E-state index in [1.165, 1.54) is 6.33 Å². The van der Waals surface area contributed by atoms with Gasteiger partial charge >= 0.3 is 0 Å². The van der Waals surface area contributed by atoms with Crippen molar-refractivity contribution in [3.8, 4) is 0 Å². The van der Waals surface area contributed by atoms with Crippen LogP contribution in [0.15, 0.2) is 18.5 Å². The van der Waals surface area contributed by atoms with Crippen LogP contribution < -0.4 is 11.1 Å². The first-order chi connectivity index (χ1) is 7.66. The van der Waals surface area contributed by atoms with Gasteiger partial charge in [0, 0.05) is 5.69 Å². The second kappa shape index (κ2) is 4.40. The van der Waals surface area contributed by atoms with Crippen molar-refractivity contribution in [2.75, 3.05) is 11.1 Å². The minimum atomic E-state index is 0.547. The summed E-state index contributed by atoms with van der Waals surface area (Å²) in [6.07, 6.45) is 1.47. The third kappa shape index (κ3) is 2.25. The van der Waals surface area contributed by atoms with Gasteiger partial charge in [-0.1, -0.05) is 11.6 Å². The lowest BCUT2D eigenvalue weighted by Gasteiger charge is -2.10. The summed E-state index contributed by atoms with van der Waals surface area (Å²) in [7, 11) is 0. The minimum absolute atomic E-state index is 0.547. The van der Waals surface area contributed by atoms with E-state index in [-0.39, 0.29) is 0 Å². The number of anilines is 2. The van der Waals surface area contributed by atoms with Gasteiger partial charge in [0.2, 0.25) is 0 Å². The maximum atomic E-state index is 5.95.